The Bertz CT molecular complexity index is 753. The predicted molar refractivity (Wildman–Crippen MR) is 102 cm³/mol. The lowest BCUT2D eigenvalue weighted by molar-refractivity contribution is -0.384. The topological polar surface area (TPSA) is 138 Å². The van der Waals surface area contributed by atoms with E-state index in [4.69, 9.17) is 21.5 Å². The summed E-state index contributed by atoms with van der Waals surface area (Å²) in [5, 5.41) is 32.1. The van der Waals surface area contributed by atoms with Crippen LogP contribution in [-0.2, 0) is 4.79 Å². The quantitative estimate of drug-likeness (QED) is 0.159. The highest BCUT2D eigenvalue weighted by atomic mass is 35.5. The van der Waals surface area contributed by atoms with Crippen molar-refractivity contribution in [2.45, 2.75) is 50.4 Å². The van der Waals surface area contributed by atoms with E-state index >= 15 is 0 Å². The van der Waals surface area contributed by atoms with Gasteiger partial charge in [0.25, 0.3) is 5.97 Å². The van der Waals surface area contributed by atoms with E-state index in [2.05, 4.69) is 15.3 Å². The second-order valence-electron chi connectivity index (χ2n) is 6.30. The van der Waals surface area contributed by atoms with Crippen LogP contribution in [0.25, 0.3) is 0 Å². The van der Waals surface area contributed by atoms with Gasteiger partial charge in [0.2, 0.25) is 11.0 Å². The second kappa shape index (κ2) is 8.85. The number of carboxylic acids is 1. The van der Waals surface area contributed by atoms with Crippen LogP contribution in [0.3, 0.4) is 0 Å². The number of thioether (sulfide) groups is 1. The highest BCUT2D eigenvalue weighted by Crippen LogP contribution is 2.56. The highest BCUT2D eigenvalue weighted by molar-refractivity contribution is 7.99. The molecule has 9 nitrogen and oxygen atoms in total. The van der Waals surface area contributed by atoms with Gasteiger partial charge in [-0.15, -0.1) is 0 Å². The summed E-state index contributed by atoms with van der Waals surface area (Å²) in [6, 6.07) is -0.189. The number of anilines is 1. The van der Waals surface area contributed by atoms with Crippen molar-refractivity contribution in [1.29, 1.82) is 0 Å². The molecule has 1 aromatic heterocycles. The van der Waals surface area contributed by atoms with E-state index in [9.17, 15) is 15.2 Å². The molecule has 3 N–H and O–H groups in total. The van der Waals surface area contributed by atoms with Gasteiger partial charge in [-0.25, -0.2) is 4.98 Å². The van der Waals surface area contributed by atoms with Crippen LogP contribution in [0.5, 0.6) is 0 Å². The summed E-state index contributed by atoms with van der Waals surface area (Å²) in [7, 11) is 0. The molecule has 1 spiro atoms. The maximum atomic E-state index is 11.3. The van der Waals surface area contributed by atoms with Crippen LogP contribution >= 0.6 is 23.4 Å². The highest BCUT2D eigenvalue weighted by Gasteiger charge is 2.56. The Labute approximate surface area is 165 Å². The fourth-order valence-electron chi connectivity index (χ4n) is 2.80. The van der Waals surface area contributed by atoms with Crippen LogP contribution in [0.15, 0.2) is 17.3 Å². The lowest BCUT2D eigenvalue weighted by atomic mass is 9.97. The standard InChI is InChI=1S/C14H17ClN4O3S.C2H4O2/c1-2-7-23-13-17-11(15)10(19(21)22)12(18-13)16-8-3-4-9(20)14(8)5-6-14;1-2(3)4/h3-4,8-9,20H,2,5-7H2,1H3,(H,16,17,18);1H3,(H,3,4)/t8-,9+;/m0./s1. The summed E-state index contributed by atoms with van der Waals surface area (Å²) in [4.78, 5) is 28.0. The third kappa shape index (κ3) is 5.08. The normalized spacial score (nSPS) is 21.5. The van der Waals surface area contributed by atoms with Crippen LogP contribution < -0.4 is 5.32 Å². The molecule has 2 aliphatic rings. The molecule has 1 aromatic rings. The van der Waals surface area contributed by atoms with Crippen molar-refractivity contribution < 1.29 is 19.9 Å². The zero-order chi connectivity index (χ0) is 20.2. The first-order valence-corrected chi connectivity index (χ1v) is 9.74. The molecule has 0 radical (unpaired) electrons. The average molecular weight is 417 g/mol. The van der Waals surface area contributed by atoms with E-state index in [1.807, 2.05) is 13.0 Å². The Kier molecular flexibility index (Phi) is 7.01. The van der Waals surface area contributed by atoms with Crippen LogP contribution in [0.1, 0.15) is 33.1 Å². The summed E-state index contributed by atoms with van der Waals surface area (Å²) in [5.74, 6) is 0.0863. The summed E-state index contributed by atoms with van der Waals surface area (Å²) in [6.45, 7) is 3.11. The molecule has 1 heterocycles. The summed E-state index contributed by atoms with van der Waals surface area (Å²) < 4.78 is 0. The number of nitro groups is 1. The molecule has 148 valence electrons. The van der Waals surface area contributed by atoms with Gasteiger partial charge in [0.1, 0.15) is 0 Å². The number of aliphatic hydroxyl groups is 1. The van der Waals surface area contributed by atoms with Crippen molar-refractivity contribution in [3.8, 4) is 0 Å². The minimum atomic E-state index is -0.833. The van der Waals surface area contributed by atoms with Crippen LogP contribution in [-0.4, -0.2) is 49.0 Å². The molecule has 0 saturated heterocycles. The summed E-state index contributed by atoms with van der Waals surface area (Å²) in [5.41, 5.74) is -0.583. The van der Waals surface area contributed by atoms with Crippen molar-refractivity contribution in [2.75, 3.05) is 11.1 Å². The molecule has 2 aliphatic carbocycles. The van der Waals surface area contributed by atoms with E-state index in [-0.39, 0.29) is 28.1 Å². The number of rotatable bonds is 6. The van der Waals surface area contributed by atoms with Gasteiger partial charge in [0.15, 0.2) is 5.16 Å². The number of aromatic nitrogens is 2. The van der Waals surface area contributed by atoms with Crippen molar-refractivity contribution in [3.63, 3.8) is 0 Å². The molecular weight excluding hydrogens is 396 g/mol. The number of nitrogens with zero attached hydrogens (tertiary/aromatic N) is 3. The van der Waals surface area contributed by atoms with Gasteiger partial charge in [-0.05, 0) is 19.3 Å². The van der Waals surface area contributed by atoms with Gasteiger partial charge >= 0.3 is 5.69 Å². The van der Waals surface area contributed by atoms with Crippen molar-refractivity contribution in [3.05, 3.63) is 27.4 Å². The minimum absolute atomic E-state index is 0.114. The zero-order valence-electron chi connectivity index (χ0n) is 14.9. The molecule has 11 heteroatoms. The van der Waals surface area contributed by atoms with E-state index < -0.39 is 17.0 Å². The monoisotopic (exact) mass is 416 g/mol. The maximum absolute atomic E-state index is 11.3. The second-order valence-corrected chi connectivity index (χ2v) is 7.72. The van der Waals surface area contributed by atoms with Crippen molar-refractivity contribution >= 4 is 40.8 Å². The molecule has 0 aromatic carbocycles. The van der Waals surface area contributed by atoms with E-state index in [1.54, 1.807) is 6.08 Å². The lowest BCUT2D eigenvalue weighted by Gasteiger charge is -2.23. The molecule has 1 saturated carbocycles. The maximum Gasteiger partial charge on any atom is 0.348 e. The largest absolute Gasteiger partial charge is 0.481 e. The molecule has 27 heavy (non-hydrogen) atoms. The van der Waals surface area contributed by atoms with Crippen LogP contribution in [0.4, 0.5) is 11.5 Å². The fraction of sp³-hybridized carbons (Fsp3) is 0.562. The number of hydrogen-bond donors (Lipinski definition) is 3. The molecule has 0 unspecified atom stereocenters. The Morgan fingerprint density at radius 1 is 1.48 bits per heavy atom. The SMILES string of the molecule is CC(=O)O.CCCSc1nc(Cl)c([N+](=O)[O-])c(N[C@H]2C=C[C@@H](O)C23CC3)n1. The lowest BCUT2D eigenvalue weighted by Crippen LogP contribution is -2.32. The molecule has 0 amide bonds. The number of hydrogen-bond acceptors (Lipinski definition) is 8. The Morgan fingerprint density at radius 3 is 2.63 bits per heavy atom. The zero-order valence-corrected chi connectivity index (χ0v) is 16.5. The molecule has 0 bridgehead atoms. The minimum Gasteiger partial charge on any atom is -0.481 e. The van der Waals surface area contributed by atoms with Gasteiger partial charge < -0.3 is 15.5 Å². The molecule has 0 aliphatic heterocycles. The predicted octanol–water partition coefficient (Wildman–Crippen LogP) is 3.12. The number of aliphatic carboxylic acids is 1. The Balaban J connectivity index is 0.000000596. The number of carbonyl (C=O) groups is 1. The number of nitrogens with one attached hydrogen (secondary N) is 1. The van der Waals surface area contributed by atoms with Crippen molar-refractivity contribution in [2.24, 2.45) is 5.41 Å². The molecule has 3 rings (SSSR count). The first kappa shape index (κ1) is 21.4. The summed E-state index contributed by atoms with van der Waals surface area (Å²) in [6.07, 6.45) is 5.74. The van der Waals surface area contributed by atoms with Gasteiger partial charge in [-0.2, -0.15) is 4.98 Å². The van der Waals surface area contributed by atoms with E-state index in [0.29, 0.717) is 5.16 Å². The van der Waals surface area contributed by atoms with Gasteiger partial charge in [0, 0.05) is 18.1 Å². The fourth-order valence-corrected chi connectivity index (χ4v) is 3.79. The summed E-state index contributed by atoms with van der Waals surface area (Å²) >= 11 is 7.40. The number of carboxylic acid groups (broad SMARTS) is 1. The van der Waals surface area contributed by atoms with Crippen LogP contribution in [0, 0.1) is 15.5 Å². The third-order valence-electron chi connectivity index (χ3n) is 4.25. The average Bonchev–Trinajstić information content (AvgIpc) is 3.31. The van der Waals surface area contributed by atoms with Gasteiger partial charge in [0.05, 0.1) is 17.1 Å². The third-order valence-corrected chi connectivity index (χ3v) is 5.57. The first-order chi connectivity index (χ1) is 12.7. The first-order valence-electron chi connectivity index (χ1n) is 8.38. The van der Waals surface area contributed by atoms with Gasteiger partial charge in [-0.1, -0.05) is 42.4 Å². The van der Waals surface area contributed by atoms with Crippen LogP contribution in [0.2, 0.25) is 5.15 Å². The smallest absolute Gasteiger partial charge is 0.348 e. The van der Waals surface area contributed by atoms with E-state index in [1.165, 1.54) is 11.8 Å². The Hall–Kier alpha value is -1.91. The van der Waals surface area contributed by atoms with Gasteiger partial charge in [-0.3, -0.25) is 14.9 Å². The number of halogens is 1. The molecular formula is C16H21ClN4O5S. The Morgan fingerprint density at radius 2 is 2.11 bits per heavy atom. The molecule has 1 fully saturated rings. The van der Waals surface area contributed by atoms with Crippen molar-refractivity contribution in [1.82, 2.24) is 9.97 Å². The van der Waals surface area contributed by atoms with E-state index in [0.717, 1.165) is 31.9 Å². The number of aliphatic hydroxyl groups excluding tert-OH is 1. The molecule has 2 atom stereocenters.